The molecule has 0 saturated carbocycles. The summed E-state index contributed by atoms with van der Waals surface area (Å²) in [6.45, 7) is 6.67. The molecule has 1 aromatic carbocycles. The Morgan fingerprint density at radius 2 is 2.04 bits per heavy atom. The summed E-state index contributed by atoms with van der Waals surface area (Å²) in [6, 6.07) is 11.6. The summed E-state index contributed by atoms with van der Waals surface area (Å²) >= 11 is 0. The molecule has 0 radical (unpaired) electrons. The highest BCUT2D eigenvalue weighted by Gasteiger charge is 2.19. The van der Waals surface area contributed by atoms with E-state index in [9.17, 15) is 4.79 Å². The first-order valence-corrected chi connectivity index (χ1v) is 9.08. The first-order valence-electron chi connectivity index (χ1n) is 9.08. The van der Waals surface area contributed by atoms with Gasteiger partial charge in [0.1, 0.15) is 12.4 Å². The molecule has 0 aliphatic carbocycles. The van der Waals surface area contributed by atoms with E-state index in [1.165, 1.54) is 0 Å². The summed E-state index contributed by atoms with van der Waals surface area (Å²) < 4.78 is 6.99. The summed E-state index contributed by atoms with van der Waals surface area (Å²) in [5.74, 6) is 1.70. The van der Waals surface area contributed by atoms with E-state index >= 15 is 0 Å². The summed E-state index contributed by atoms with van der Waals surface area (Å²) in [6.07, 6.45) is 2.37. The summed E-state index contributed by atoms with van der Waals surface area (Å²) in [5.41, 5.74) is 1.11. The number of hydrogen-bond acceptors (Lipinski definition) is 5. The molecule has 0 saturated heterocycles. The van der Waals surface area contributed by atoms with E-state index in [-0.39, 0.29) is 18.6 Å². The molecule has 0 spiro atoms. The number of hydrogen-bond donors (Lipinski definition) is 1. The van der Waals surface area contributed by atoms with Crippen LogP contribution in [0.4, 0.5) is 10.6 Å². The van der Waals surface area contributed by atoms with Crippen molar-refractivity contribution in [1.82, 2.24) is 24.8 Å². The van der Waals surface area contributed by atoms with Gasteiger partial charge in [-0.25, -0.2) is 9.48 Å². The predicted molar refractivity (Wildman–Crippen MR) is 101 cm³/mol. The second-order valence-electron chi connectivity index (χ2n) is 6.15. The van der Waals surface area contributed by atoms with Gasteiger partial charge in [0, 0.05) is 19.0 Å². The van der Waals surface area contributed by atoms with Crippen molar-refractivity contribution < 1.29 is 9.32 Å². The van der Waals surface area contributed by atoms with Gasteiger partial charge in [-0.15, -0.1) is 0 Å². The van der Waals surface area contributed by atoms with Crippen molar-refractivity contribution >= 4 is 11.8 Å². The smallest absolute Gasteiger partial charge is 0.323 e. The molecular weight excluding hydrogens is 344 g/mol. The van der Waals surface area contributed by atoms with Crippen LogP contribution in [-0.2, 0) is 13.0 Å². The molecule has 0 unspecified atom stereocenters. The Morgan fingerprint density at radius 1 is 1.26 bits per heavy atom. The van der Waals surface area contributed by atoms with Crippen LogP contribution in [0.1, 0.15) is 44.1 Å². The highest BCUT2D eigenvalue weighted by atomic mass is 16.5. The monoisotopic (exact) mass is 368 g/mol. The van der Waals surface area contributed by atoms with Crippen LogP contribution in [0.2, 0.25) is 0 Å². The molecule has 8 nitrogen and oxygen atoms in total. The largest absolute Gasteiger partial charge is 0.337 e. The first-order chi connectivity index (χ1) is 13.1. The van der Waals surface area contributed by atoms with Crippen LogP contribution >= 0.6 is 0 Å². The SMILES string of the molecule is CCc1noc(CN(CC)C(=O)Nc2ccnn2[C@H](C)c2ccccc2)n1. The van der Waals surface area contributed by atoms with Crippen molar-refractivity contribution in [3.8, 4) is 0 Å². The lowest BCUT2D eigenvalue weighted by Gasteiger charge is -2.21. The Balaban J connectivity index is 1.71. The molecule has 142 valence electrons. The Morgan fingerprint density at radius 3 is 2.70 bits per heavy atom. The van der Waals surface area contributed by atoms with Crippen molar-refractivity contribution in [3.63, 3.8) is 0 Å². The van der Waals surface area contributed by atoms with Crippen molar-refractivity contribution in [1.29, 1.82) is 0 Å². The van der Waals surface area contributed by atoms with Gasteiger partial charge >= 0.3 is 6.03 Å². The van der Waals surface area contributed by atoms with E-state index in [4.69, 9.17) is 4.52 Å². The van der Waals surface area contributed by atoms with Gasteiger partial charge in [0.15, 0.2) is 5.82 Å². The van der Waals surface area contributed by atoms with Crippen LogP contribution in [0.15, 0.2) is 47.1 Å². The third-order valence-electron chi connectivity index (χ3n) is 4.38. The fourth-order valence-corrected chi connectivity index (χ4v) is 2.77. The minimum atomic E-state index is -0.240. The number of aryl methyl sites for hydroxylation is 1. The summed E-state index contributed by atoms with van der Waals surface area (Å²) in [7, 11) is 0. The summed E-state index contributed by atoms with van der Waals surface area (Å²) in [5, 5.41) is 11.2. The number of aromatic nitrogens is 4. The average molecular weight is 368 g/mol. The molecular formula is C19H24N6O2. The number of nitrogens with one attached hydrogen (secondary N) is 1. The fourth-order valence-electron chi connectivity index (χ4n) is 2.77. The number of urea groups is 1. The lowest BCUT2D eigenvalue weighted by molar-refractivity contribution is 0.203. The number of carbonyl (C=O) groups excluding carboxylic acids is 1. The van der Waals surface area contributed by atoms with E-state index in [1.54, 1.807) is 21.8 Å². The number of benzene rings is 1. The van der Waals surface area contributed by atoms with Crippen molar-refractivity contribution in [2.75, 3.05) is 11.9 Å². The lowest BCUT2D eigenvalue weighted by Crippen LogP contribution is -2.35. The van der Waals surface area contributed by atoms with Gasteiger partial charge in [-0.05, 0) is 19.4 Å². The van der Waals surface area contributed by atoms with Gasteiger partial charge in [-0.1, -0.05) is 42.4 Å². The molecule has 1 N–H and O–H groups in total. The zero-order valence-corrected chi connectivity index (χ0v) is 15.8. The van der Waals surface area contributed by atoms with E-state index < -0.39 is 0 Å². The van der Waals surface area contributed by atoms with Gasteiger partial charge in [-0.3, -0.25) is 5.32 Å². The molecule has 3 aromatic rings. The molecule has 3 rings (SSSR count). The molecule has 8 heteroatoms. The zero-order chi connectivity index (χ0) is 19.2. The van der Waals surface area contributed by atoms with Crippen LogP contribution in [0.5, 0.6) is 0 Å². The number of amides is 2. The highest BCUT2D eigenvalue weighted by molar-refractivity contribution is 5.88. The van der Waals surface area contributed by atoms with Gasteiger partial charge in [0.05, 0.1) is 12.2 Å². The van der Waals surface area contributed by atoms with E-state index in [2.05, 4.69) is 20.6 Å². The quantitative estimate of drug-likeness (QED) is 0.689. The topological polar surface area (TPSA) is 89.1 Å². The number of anilines is 1. The number of rotatable bonds is 7. The zero-order valence-electron chi connectivity index (χ0n) is 15.8. The van der Waals surface area contributed by atoms with Gasteiger partial charge in [0.25, 0.3) is 0 Å². The second-order valence-corrected chi connectivity index (χ2v) is 6.15. The van der Waals surface area contributed by atoms with Crippen molar-refractivity contribution in [2.45, 2.75) is 39.8 Å². The fraction of sp³-hybridized carbons (Fsp3) is 0.368. The number of carbonyl (C=O) groups is 1. The molecule has 0 bridgehead atoms. The molecule has 2 amide bonds. The van der Waals surface area contributed by atoms with Crippen LogP contribution in [-0.4, -0.2) is 37.4 Å². The lowest BCUT2D eigenvalue weighted by atomic mass is 10.1. The molecule has 0 aliphatic heterocycles. The minimum Gasteiger partial charge on any atom is -0.337 e. The third-order valence-corrected chi connectivity index (χ3v) is 4.38. The average Bonchev–Trinajstić information content (AvgIpc) is 3.35. The molecule has 0 fully saturated rings. The van der Waals surface area contributed by atoms with Gasteiger partial charge in [-0.2, -0.15) is 10.1 Å². The maximum atomic E-state index is 12.7. The molecule has 27 heavy (non-hydrogen) atoms. The Kier molecular flexibility index (Phi) is 5.85. The van der Waals surface area contributed by atoms with Crippen LogP contribution in [0.3, 0.4) is 0 Å². The molecule has 2 heterocycles. The van der Waals surface area contributed by atoms with Crippen molar-refractivity contribution in [3.05, 3.63) is 59.9 Å². The second kappa shape index (κ2) is 8.48. The van der Waals surface area contributed by atoms with E-state index in [0.29, 0.717) is 30.5 Å². The Labute approximate surface area is 158 Å². The van der Waals surface area contributed by atoms with Gasteiger partial charge in [0.2, 0.25) is 5.89 Å². The summed E-state index contributed by atoms with van der Waals surface area (Å²) in [4.78, 5) is 18.6. The molecule has 2 aromatic heterocycles. The molecule has 1 atom stereocenters. The normalized spacial score (nSPS) is 12.0. The number of nitrogens with zero attached hydrogens (tertiary/aromatic N) is 5. The maximum absolute atomic E-state index is 12.7. The minimum absolute atomic E-state index is 0.00497. The third kappa shape index (κ3) is 4.33. The Bertz CT molecular complexity index is 873. The molecule has 0 aliphatic rings. The van der Waals surface area contributed by atoms with Crippen LogP contribution in [0, 0.1) is 0 Å². The maximum Gasteiger partial charge on any atom is 0.323 e. The van der Waals surface area contributed by atoms with Crippen LogP contribution < -0.4 is 5.32 Å². The van der Waals surface area contributed by atoms with E-state index in [1.807, 2.05) is 51.1 Å². The van der Waals surface area contributed by atoms with Crippen LogP contribution in [0.25, 0.3) is 0 Å². The predicted octanol–water partition coefficient (Wildman–Crippen LogP) is 3.49. The van der Waals surface area contributed by atoms with Crippen molar-refractivity contribution in [2.24, 2.45) is 0 Å². The highest BCUT2D eigenvalue weighted by Crippen LogP contribution is 2.21. The van der Waals surface area contributed by atoms with E-state index in [0.717, 1.165) is 5.56 Å². The standard InChI is InChI=1S/C19H24N6O2/c1-4-16-21-18(27-23-16)13-24(5-2)19(26)22-17-11-12-20-25(17)14(3)15-9-7-6-8-10-15/h6-12,14H,4-5,13H2,1-3H3,(H,22,26)/t14-/m1/s1. The first kappa shape index (κ1) is 18.6. The Hall–Kier alpha value is -3.16. The van der Waals surface area contributed by atoms with Gasteiger partial charge < -0.3 is 9.42 Å².